The van der Waals surface area contributed by atoms with Gasteiger partial charge in [0.05, 0.1) is 13.7 Å². The first-order chi connectivity index (χ1) is 10.3. The van der Waals surface area contributed by atoms with E-state index in [4.69, 9.17) is 9.47 Å². The largest absolute Gasteiger partial charge is 0.508 e. The number of anilines is 1. The molecule has 5 nitrogen and oxygen atoms in total. The lowest BCUT2D eigenvalue weighted by molar-refractivity contribution is 0.224. The zero-order valence-corrected chi connectivity index (χ0v) is 11.6. The summed E-state index contributed by atoms with van der Waals surface area (Å²) in [5.74, 6) is 0.983. The number of aliphatic imine (C=N–C) groups is 1. The summed E-state index contributed by atoms with van der Waals surface area (Å²) >= 11 is 0. The number of nitrogens with zero attached hydrogens (tertiary/aromatic N) is 1. The molecule has 2 N–H and O–H groups in total. The number of hydrogen-bond acceptors (Lipinski definition) is 5. The first-order valence-corrected chi connectivity index (χ1v) is 6.66. The molecule has 1 unspecified atom stereocenters. The molecule has 0 spiro atoms. The Bertz CT molecular complexity index is 670. The van der Waals surface area contributed by atoms with Crippen LogP contribution >= 0.6 is 0 Å². The molecule has 0 bridgehead atoms. The maximum atomic E-state index is 9.85. The van der Waals surface area contributed by atoms with Crippen LogP contribution in [0.1, 0.15) is 11.7 Å². The first kappa shape index (κ1) is 13.3. The molecule has 2 aromatic rings. The maximum Gasteiger partial charge on any atom is 0.290 e. The van der Waals surface area contributed by atoms with Crippen LogP contribution < -0.4 is 10.1 Å². The Morgan fingerprint density at radius 2 is 2.10 bits per heavy atom. The van der Waals surface area contributed by atoms with Crippen molar-refractivity contribution in [3.63, 3.8) is 0 Å². The third-order valence-corrected chi connectivity index (χ3v) is 3.26. The van der Waals surface area contributed by atoms with E-state index in [0.29, 0.717) is 12.6 Å². The molecule has 1 aliphatic rings. The molecule has 0 radical (unpaired) electrons. The molecule has 1 aliphatic heterocycles. The summed E-state index contributed by atoms with van der Waals surface area (Å²) in [6.45, 7) is 0.476. The maximum absolute atomic E-state index is 9.85. The number of aromatic hydroxyl groups is 1. The van der Waals surface area contributed by atoms with Gasteiger partial charge in [0.25, 0.3) is 6.02 Å². The van der Waals surface area contributed by atoms with Gasteiger partial charge in [0.2, 0.25) is 0 Å². The van der Waals surface area contributed by atoms with E-state index in [0.717, 1.165) is 17.0 Å². The lowest BCUT2D eigenvalue weighted by atomic mass is 10.1. The number of phenols is 1. The minimum absolute atomic E-state index is 0.223. The quantitative estimate of drug-likeness (QED) is 0.909. The smallest absolute Gasteiger partial charge is 0.290 e. The summed E-state index contributed by atoms with van der Waals surface area (Å²) in [4.78, 5) is 4.32. The van der Waals surface area contributed by atoms with E-state index >= 15 is 0 Å². The summed E-state index contributed by atoms with van der Waals surface area (Å²) < 4.78 is 10.9. The minimum Gasteiger partial charge on any atom is -0.508 e. The molecule has 1 heterocycles. The van der Waals surface area contributed by atoms with Crippen molar-refractivity contribution in [1.82, 2.24) is 0 Å². The Morgan fingerprint density at radius 1 is 1.24 bits per heavy atom. The predicted octanol–water partition coefficient (Wildman–Crippen LogP) is 2.94. The van der Waals surface area contributed by atoms with Crippen LogP contribution in [0.25, 0.3) is 0 Å². The normalized spacial score (nSPS) is 17.0. The third kappa shape index (κ3) is 2.91. The van der Waals surface area contributed by atoms with E-state index in [1.807, 2.05) is 36.4 Å². The van der Waals surface area contributed by atoms with Crippen LogP contribution in [0.4, 0.5) is 5.69 Å². The number of benzene rings is 2. The van der Waals surface area contributed by atoms with Crippen molar-refractivity contribution in [2.24, 2.45) is 4.99 Å². The predicted molar refractivity (Wildman–Crippen MR) is 80.9 cm³/mol. The summed E-state index contributed by atoms with van der Waals surface area (Å²) in [5, 5.41) is 12.9. The highest BCUT2D eigenvalue weighted by Gasteiger charge is 2.24. The van der Waals surface area contributed by atoms with Gasteiger partial charge in [-0.15, -0.1) is 0 Å². The molecule has 2 aromatic carbocycles. The average Bonchev–Trinajstić information content (AvgIpc) is 2.96. The number of para-hydroxylation sites is 1. The van der Waals surface area contributed by atoms with Crippen molar-refractivity contribution in [2.45, 2.75) is 6.10 Å². The molecule has 0 aliphatic carbocycles. The van der Waals surface area contributed by atoms with Gasteiger partial charge in [-0.25, -0.2) is 4.99 Å². The summed E-state index contributed by atoms with van der Waals surface area (Å²) in [6.07, 6.45) is -0.265. The molecule has 1 atom stereocenters. The zero-order valence-electron chi connectivity index (χ0n) is 11.6. The van der Waals surface area contributed by atoms with Gasteiger partial charge in [-0.3, -0.25) is 0 Å². The fourth-order valence-electron chi connectivity index (χ4n) is 2.19. The van der Waals surface area contributed by atoms with Crippen LogP contribution in [-0.4, -0.2) is 24.8 Å². The van der Waals surface area contributed by atoms with Crippen molar-refractivity contribution >= 4 is 11.7 Å². The molecule has 0 saturated carbocycles. The molecule has 0 aromatic heterocycles. The molecule has 0 amide bonds. The second kappa shape index (κ2) is 5.75. The number of ether oxygens (including phenoxy) is 2. The number of hydrogen-bond donors (Lipinski definition) is 2. The van der Waals surface area contributed by atoms with Crippen LogP contribution in [0.3, 0.4) is 0 Å². The van der Waals surface area contributed by atoms with Crippen molar-refractivity contribution in [2.75, 3.05) is 19.0 Å². The standard InChI is InChI=1S/C16H16N2O3/c1-20-12-6-4-5-11(9-12)18-16-17-10-15(21-16)13-7-2-3-8-14(13)19/h2-9,15,19H,10H2,1H3,(H,17,18). The number of phenolic OH excluding ortho intramolecular Hbond substituents is 1. The van der Waals surface area contributed by atoms with Gasteiger partial charge in [-0.2, -0.15) is 0 Å². The minimum atomic E-state index is -0.265. The third-order valence-electron chi connectivity index (χ3n) is 3.26. The summed E-state index contributed by atoms with van der Waals surface area (Å²) in [5.41, 5.74) is 1.58. The van der Waals surface area contributed by atoms with Crippen LogP contribution in [-0.2, 0) is 4.74 Å². The average molecular weight is 284 g/mol. The zero-order chi connectivity index (χ0) is 14.7. The molecule has 3 rings (SSSR count). The van der Waals surface area contributed by atoms with Crippen molar-refractivity contribution in [3.8, 4) is 11.5 Å². The monoisotopic (exact) mass is 284 g/mol. The van der Waals surface area contributed by atoms with Gasteiger partial charge in [-0.1, -0.05) is 24.3 Å². The lowest BCUT2D eigenvalue weighted by Gasteiger charge is -2.13. The summed E-state index contributed by atoms with van der Waals surface area (Å²) in [6, 6.07) is 15.1. The van der Waals surface area contributed by atoms with E-state index in [-0.39, 0.29) is 11.9 Å². The second-order valence-corrected chi connectivity index (χ2v) is 4.67. The highest BCUT2D eigenvalue weighted by molar-refractivity contribution is 5.90. The van der Waals surface area contributed by atoms with Gasteiger partial charge >= 0.3 is 0 Å². The van der Waals surface area contributed by atoms with Crippen molar-refractivity contribution in [3.05, 3.63) is 54.1 Å². The first-order valence-electron chi connectivity index (χ1n) is 6.66. The topological polar surface area (TPSA) is 63.1 Å². The Labute approximate surface area is 122 Å². The Hall–Kier alpha value is -2.69. The molecule has 21 heavy (non-hydrogen) atoms. The Balaban J connectivity index is 1.68. The lowest BCUT2D eigenvalue weighted by Crippen LogP contribution is -2.13. The van der Waals surface area contributed by atoms with E-state index in [2.05, 4.69) is 10.3 Å². The number of amidine groups is 1. The van der Waals surface area contributed by atoms with E-state index < -0.39 is 0 Å². The molecular weight excluding hydrogens is 268 g/mol. The molecule has 5 heteroatoms. The number of methoxy groups -OCH3 is 1. The van der Waals surface area contributed by atoms with Gasteiger partial charge in [0, 0.05) is 17.3 Å². The van der Waals surface area contributed by atoms with Gasteiger partial charge in [-0.05, 0) is 18.2 Å². The van der Waals surface area contributed by atoms with Crippen LogP contribution in [0.5, 0.6) is 11.5 Å². The van der Waals surface area contributed by atoms with Crippen LogP contribution in [0, 0.1) is 0 Å². The van der Waals surface area contributed by atoms with E-state index in [1.165, 1.54) is 0 Å². The Kier molecular flexibility index (Phi) is 3.64. The fourth-order valence-corrected chi connectivity index (χ4v) is 2.19. The SMILES string of the molecule is COc1cccc(NC2=NCC(c3ccccc3O)O2)c1. The Morgan fingerprint density at radius 3 is 2.90 bits per heavy atom. The molecule has 108 valence electrons. The van der Waals surface area contributed by atoms with Gasteiger partial charge in [0.1, 0.15) is 11.5 Å². The molecule has 0 saturated heterocycles. The van der Waals surface area contributed by atoms with Crippen molar-refractivity contribution < 1.29 is 14.6 Å². The van der Waals surface area contributed by atoms with Gasteiger partial charge < -0.3 is 19.9 Å². The highest BCUT2D eigenvalue weighted by atomic mass is 16.5. The van der Waals surface area contributed by atoms with Gasteiger partial charge in [0.15, 0.2) is 6.10 Å². The number of rotatable bonds is 3. The fraction of sp³-hybridized carbons (Fsp3) is 0.188. The number of nitrogens with one attached hydrogen (secondary N) is 1. The van der Waals surface area contributed by atoms with Crippen molar-refractivity contribution in [1.29, 1.82) is 0 Å². The van der Waals surface area contributed by atoms with Crippen LogP contribution in [0.2, 0.25) is 0 Å². The summed E-state index contributed by atoms with van der Waals surface area (Å²) in [7, 11) is 1.62. The molecule has 0 fully saturated rings. The second-order valence-electron chi connectivity index (χ2n) is 4.67. The highest BCUT2D eigenvalue weighted by Crippen LogP contribution is 2.30. The van der Waals surface area contributed by atoms with E-state index in [1.54, 1.807) is 19.2 Å². The van der Waals surface area contributed by atoms with E-state index in [9.17, 15) is 5.11 Å². The van der Waals surface area contributed by atoms with Crippen LogP contribution in [0.15, 0.2) is 53.5 Å². The molecular formula is C16H16N2O3.